The number of aromatic nitrogens is 5. The molecule has 0 atom stereocenters. The zero-order valence-electron chi connectivity index (χ0n) is 22.9. The Hall–Kier alpha value is -4.35. The summed E-state index contributed by atoms with van der Waals surface area (Å²) < 4.78 is 44.6. The normalized spacial score (nSPS) is 13.9. The van der Waals surface area contributed by atoms with Crippen molar-refractivity contribution in [1.82, 2.24) is 25.3 Å². The molecule has 0 bridgehead atoms. The molecule has 218 valence electrons. The average Bonchev–Trinajstić information content (AvgIpc) is 3.71. The van der Waals surface area contributed by atoms with Crippen molar-refractivity contribution in [1.29, 1.82) is 0 Å². The molecule has 3 aromatic heterocycles. The van der Waals surface area contributed by atoms with E-state index in [1.165, 1.54) is 24.6 Å². The van der Waals surface area contributed by atoms with Gasteiger partial charge >= 0.3 is 0 Å². The summed E-state index contributed by atoms with van der Waals surface area (Å²) in [6, 6.07) is 15.3. The van der Waals surface area contributed by atoms with E-state index in [9.17, 15) is 13.6 Å². The molecule has 6 rings (SSSR count). The highest BCUT2D eigenvalue weighted by Crippen LogP contribution is 2.26. The van der Waals surface area contributed by atoms with E-state index in [2.05, 4.69) is 39.2 Å². The van der Waals surface area contributed by atoms with Crippen LogP contribution in [0, 0.1) is 17.0 Å². The van der Waals surface area contributed by atoms with Crippen molar-refractivity contribution in [2.45, 2.75) is 33.3 Å². The minimum atomic E-state index is -0.470. The molecule has 0 saturated carbocycles. The summed E-state index contributed by atoms with van der Waals surface area (Å²) >= 11 is 5.77. The SMILES string of the molecule is CC1(C)CCOC1.O=c1cc(-c2n[nH]c(Cc3ccc(-c4cccc(OCc5ccc(Cl)cc5F)n4)cc3F)n2)o[nH]1. The van der Waals surface area contributed by atoms with Crippen LogP contribution < -0.4 is 10.3 Å². The smallest absolute Gasteiger partial charge is 0.280 e. The first-order valence-corrected chi connectivity index (χ1v) is 13.5. The van der Waals surface area contributed by atoms with Crippen molar-refractivity contribution >= 4 is 11.6 Å². The molecule has 1 aliphatic heterocycles. The van der Waals surface area contributed by atoms with Gasteiger partial charge in [-0.05, 0) is 41.7 Å². The lowest BCUT2D eigenvalue weighted by Crippen LogP contribution is -2.08. The van der Waals surface area contributed by atoms with Crippen LogP contribution in [0.3, 0.4) is 0 Å². The highest BCUT2D eigenvalue weighted by Gasteiger charge is 2.23. The molecule has 9 nitrogen and oxygen atoms in total. The third-order valence-corrected chi connectivity index (χ3v) is 6.75. The first kappa shape index (κ1) is 29.2. The summed E-state index contributed by atoms with van der Waals surface area (Å²) in [5.74, 6) is 0.119. The van der Waals surface area contributed by atoms with Crippen LogP contribution in [0.2, 0.25) is 5.02 Å². The van der Waals surface area contributed by atoms with Crippen molar-refractivity contribution in [3.05, 3.63) is 105 Å². The maximum atomic E-state index is 14.9. The van der Waals surface area contributed by atoms with Gasteiger partial charge in [-0.2, -0.15) is 5.16 Å². The van der Waals surface area contributed by atoms with Gasteiger partial charge in [0.15, 0.2) is 0 Å². The average molecular weight is 596 g/mol. The number of H-pyrrole nitrogens is 2. The molecule has 0 unspecified atom stereocenters. The van der Waals surface area contributed by atoms with Gasteiger partial charge in [0, 0.05) is 35.2 Å². The first-order valence-electron chi connectivity index (χ1n) is 13.2. The van der Waals surface area contributed by atoms with Crippen LogP contribution in [-0.2, 0) is 17.8 Å². The maximum Gasteiger partial charge on any atom is 0.280 e. The monoisotopic (exact) mass is 595 g/mol. The maximum absolute atomic E-state index is 14.9. The third kappa shape index (κ3) is 7.48. The molecule has 4 heterocycles. The zero-order chi connectivity index (χ0) is 29.7. The van der Waals surface area contributed by atoms with Gasteiger partial charge in [0.2, 0.25) is 17.5 Å². The van der Waals surface area contributed by atoms with E-state index in [-0.39, 0.29) is 30.5 Å². The lowest BCUT2D eigenvalue weighted by molar-refractivity contribution is 0.167. The summed E-state index contributed by atoms with van der Waals surface area (Å²) in [5, 5.41) is 9.16. The largest absolute Gasteiger partial charge is 0.473 e. The highest BCUT2D eigenvalue weighted by molar-refractivity contribution is 6.30. The van der Waals surface area contributed by atoms with Crippen LogP contribution >= 0.6 is 11.6 Å². The van der Waals surface area contributed by atoms with E-state index >= 15 is 0 Å². The van der Waals surface area contributed by atoms with Gasteiger partial charge in [-0.1, -0.05) is 49.7 Å². The van der Waals surface area contributed by atoms with Crippen molar-refractivity contribution in [2.75, 3.05) is 13.2 Å². The zero-order valence-corrected chi connectivity index (χ0v) is 23.7. The minimum absolute atomic E-state index is 0.0297. The fourth-order valence-corrected chi connectivity index (χ4v) is 4.28. The van der Waals surface area contributed by atoms with Crippen molar-refractivity contribution in [2.24, 2.45) is 5.41 Å². The fraction of sp³-hybridized carbons (Fsp3) is 0.267. The molecule has 12 heteroatoms. The Morgan fingerprint density at radius 2 is 1.83 bits per heavy atom. The van der Waals surface area contributed by atoms with Crippen LogP contribution in [-0.4, -0.2) is 38.5 Å². The number of rotatable bonds is 7. The molecule has 1 fully saturated rings. The number of nitrogens with one attached hydrogen (secondary N) is 2. The predicted octanol–water partition coefficient (Wildman–Crippen LogP) is 6.35. The van der Waals surface area contributed by atoms with E-state index in [0.29, 0.717) is 38.6 Å². The molecule has 1 saturated heterocycles. The number of hydrogen-bond acceptors (Lipinski definition) is 7. The van der Waals surface area contributed by atoms with E-state index in [4.69, 9.17) is 25.6 Å². The second-order valence-corrected chi connectivity index (χ2v) is 11.0. The Bertz CT molecular complexity index is 1720. The Balaban J connectivity index is 0.000000442. The number of halogens is 3. The van der Waals surface area contributed by atoms with Gasteiger partial charge in [-0.25, -0.2) is 18.7 Å². The molecular formula is C30H28ClF2N5O4. The van der Waals surface area contributed by atoms with Crippen molar-refractivity contribution in [3.63, 3.8) is 0 Å². The molecule has 0 spiro atoms. The summed E-state index contributed by atoms with van der Waals surface area (Å²) in [7, 11) is 0. The van der Waals surface area contributed by atoms with Gasteiger partial charge in [0.1, 0.15) is 24.1 Å². The summed E-state index contributed by atoms with van der Waals surface area (Å²) in [6.07, 6.45) is 1.38. The number of benzene rings is 2. The van der Waals surface area contributed by atoms with E-state index < -0.39 is 17.2 Å². The Kier molecular flexibility index (Phi) is 8.79. The van der Waals surface area contributed by atoms with Gasteiger partial charge in [-0.3, -0.25) is 9.89 Å². The lowest BCUT2D eigenvalue weighted by Gasteiger charge is -2.11. The number of ether oxygens (including phenoxy) is 2. The summed E-state index contributed by atoms with van der Waals surface area (Å²) in [4.78, 5) is 19.8. The molecule has 2 aromatic carbocycles. The van der Waals surface area contributed by atoms with Gasteiger partial charge < -0.3 is 14.0 Å². The predicted molar refractivity (Wildman–Crippen MR) is 152 cm³/mol. The topological polar surface area (TPSA) is 119 Å². The molecule has 0 amide bonds. The third-order valence-electron chi connectivity index (χ3n) is 6.51. The molecule has 5 aromatic rings. The Morgan fingerprint density at radius 1 is 1.02 bits per heavy atom. The van der Waals surface area contributed by atoms with Gasteiger partial charge in [0.25, 0.3) is 5.56 Å². The van der Waals surface area contributed by atoms with Crippen LogP contribution in [0.4, 0.5) is 8.78 Å². The Labute approximate surface area is 244 Å². The molecular weight excluding hydrogens is 568 g/mol. The van der Waals surface area contributed by atoms with Crippen LogP contribution in [0.1, 0.15) is 37.2 Å². The van der Waals surface area contributed by atoms with Gasteiger partial charge in [-0.15, -0.1) is 5.10 Å². The minimum Gasteiger partial charge on any atom is -0.473 e. The second-order valence-electron chi connectivity index (χ2n) is 10.5. The quantitative estimate of drug-likeness (QED) is 0.225. The van der Waals surface area contributed by atoms with Crippen LogP contribution in [0.25, 0.3) is 22.8 Å². The fourth-order valence-electron chi connectivity index (χ4n) is 4.12. The number of nitrogens with zero attached hydrogens (tertiary/aromatic N) is 3. The number of hydrogen-bond donors (Lipinski definition) is 2. The van der Waals surface area contributed by atoms with Crippen LogP contribution in [0.15, 0.2) is 70.0 Å². The van der Waals surface area contributed by atoms with E-state index in [0.717, 1.165) is 13.2 Å². The van der Waals surface area contributed by atoms with Crippen molar-refractivity contribution < 1.29 is 22.8 Å². The number of aromatic amines is 2. The first-order chi connectivity index (χ1) is 20.1. The van der Waals surface area contributed by atoms with Crippen LogP contribution in [0.5, 0.6) is 5.88 Å². The molecule has 1 aliphatic rings. The molecule has 2 N–H and O–H groups in total. The second kappa shape index (κ2) is 12.7. The molecule has 0 radical (unpaired) electrons. The standard InChI is InChI=1S/C24H16ClF2N5O3.C6H12O/c25-16-7-6-15(18(27)10-16)12-34-23-3-1-2-19(28-23)14-5-4-13(17(26)8-14)9-21-29-24(31-30-21)20-11-22(33)32-35-20;1-6(2)3-4-7-5-6/h1-8,10-11H,9,12H2,(H,32,33)(H,29,30,31);3-5H2,1-2H3. The van der Waals surface area contributed by atoms with Gasteiger partial charge in [0.05, 0.1) is 18.4 Å². The molecule has 42 heavy (non-hydrogen) atoms. The van der Waals surface area contributed by atoms with Crippen molar-refractivity contribution in [3.8, 4) is 28.7 Å². The molecule has 0 aliphatic carbocycles. The summed E-state index contributed by atoms with van der Waals surface area (Å²) in [6.45, 7) is 6.36. The van der Waals surface area contributed by atoms with E-state index in [1.807, 2.05) is 0 Å². The summed E-state index contributed by atoms with van der Waals surface area (Å²) in [5.41, 5.74) is 1.83. The highest BCUT2D eigenvalue weighted by atomic mass is 35.5. The lowest BCUT2D eigenvalue weighted by atomic mass is 9.94. The van der Waals surface area contributed by atoms with E-state index in [1.54, 1.807) is 42.5 Å². The number of pyridine rings is 1. The Morgan fingerprint density at radius 3 is 2.50 bits per heavy atom.